The number of hydrogen-bond acceptors (Lipinski definition) is 5. The Morgan fingerprint density at radius 1 is 0.938 bits per heavy atom. The first kappa shape index (κ1) is 21.1. The van der Waals surface area contributed by atoms with Crippen LogP contribution in [0.15, 0.2) is 60.8 Å². The number of rotatable bonds is 6. The van der Waals surface area contributed by atoms with E-state index in [1.807, 2.05) is 6.07 Å². The summed E-state index contributed by atoms with van der Waals surface area (Å²) in [5.41, 5.74) is -1.44. The summed E-state index contributed by atoms with van der Waals surface area (Å²) in [7, 11) is 0. The number of alkyl halides is 1. The molecule has 0 bridgehead atoms. The fraction of sp³-hybridized carbons (Fsp3) is 0.208. The average Bonchev–Trinajstić information content (AvgIpc) is 3.21. The highest BCUT2D eigenvalue weighted by molar-refractivity contribution is 6.23. The molecule has 2 unspecified atom stereocenters. The topological polar surface area (TPSA) is 98.5 Å². The zero-order valence-electron chi connectivity index (χ0n) is 17.2. The van der Waals surface area contributed by atoms with E-state index in [9.17, 15) is 28.8 Å². The molecule has 0 fully saturated rings. The van der Waals surface area contributed by atoms with Crippen molar-refractivity contribution in [3.8, 4) is 6.07 Å². The number of imide groups is 2. The van der Waals surface area contributed by atoms with Crippen LogP contribution >= 0.6 is 0 Å². The van der Waals surface area contributed by atoms with Crippen LogP contribution in [0, 0.1) is 17.2 Å². The molecular weight excluding hydrogens is 413 g/mol. The van der Waals surface area contributed by atoms with Gasteiger partial charge in [-0.15, -0.1) is 0 Å². The van der Waals surface area contributed by atoms with Gasteiger partial charge in [-0.25, -0.2) is 9.29 Å². The molecule has 2 aliphatic rings. The number of benzene rings is 2. The van der Waals surface area contributed by atoms with Gasteiger partial charge in [-0.1, -0.05) is 37.8 Å². The van der Waals surface area contributed by atoms with Gasteiger partial charge in [0.1, 0.15) is 6.67 Å². The molecule has 0 radical (unpaired) electrons. The molecule has 0 saturated carbocycles. The van der Waals surface area contributed by atoms with E-state index in [1.165, 1.54) is 31.2 Å². The van der Waals surface area contributed by atoms with Crippen LogP contribution in [0.1, 0.15) is 54.8 Å². The minimum Gasteiger partial charge on any atom is -0.269 e. The summed E-state index contributed by atoms with van der Waals surface area (Å²) in [6.45, 7) is 3.98. The highest BCUT2D eigenvalue weighted by Crippen LogP contribution is 2.38. The second-order valence-electron chi connectivity index (χ2n) is 7.82. The third-order valence-corrected chi connectivity index (χ3v) is 6.06. The predicted molar refractivity (Wildman–Crippen MR) is 111 cm³/mol. The number of amides is 4. The average molecular weight is 431 g/mol. The maximum Gasteiger partial charge on any atom is 0.265 e. The van der Waals surface area contributed by atoms with Crippen molar-refractivity contribution < 1.29 is 23.6 Å². The number of nitriles is 1. The van der Waals surface area contributed by atoms with E-state index in [-0.39, 0.29) is 34.4 Å². The summed E-state index contributed by atoms with van der Waals surface area (Å²) in [6.07, 6.45) is -0.170. The Kier molecular flexibility index (Phi) is 4.97. The summed E-state index contributed by atoms with van der Waals surface area (Å²) in [6, 6.07) is 14.2. The van der Waals surface area contributed by atoms with Crippen molar-refractivity contribution >= 4 is 23.6 Å². The molecule has 0 aliphatic carbocycles. The number of nitrogens with zero attached hydrogens (tertiary/aromatic N) is 3. The Balaban J connectivity index is 1.64. The Morgan fingerprint density at radius 2 is 1.34 bits per heavy atom. The van der Waals surface area contributed by atoms with E-state index < -0.39 is 41.8 Å². The van der Waals surface area contributed by atoms with Gasteiger partial charge in [0.05, 0.1) is 28.3 Å². The number of halogens is 1. The molecule has 4 rings (SSSR count). The highest BCUT2D eigenvalue weighted by Gasteiger charge is 2.53. The zero-order chi connectivity index (χ0) is 23.2. The molecule has 0 N–H and O–H groups in total. The van der Waals surface area contributed by atoms with E-state index in [2.05, 4.69) is 6.58 Å². The van der Waals surface area contributed by atoms with Gasteiger partial charge >= 0.3 is 0 Å². The van der Waals surface area contributed by atoms with E-state index in [0.717, 1.165) is 4.90 Å². The van der Waals surface area contributed by atoms with Gasteiger partial charge < -0.3 is 0 Å². The molecule has 8 heteroatoms. The molecule has 32 heavy (non-hydrogen) atoms. The van der Waals surface area contributed by atoms with E-state index in [4.69, 9.17) is 0 Å². The third-order valence-electron chi connectivity index (χ3n) is 6.06. The summed E-state index contributed by atoms with van der Waals surface area (Å²) >= 11 is 0. The number of fused-ring (bicyclic) bond motifs is 2. The van der Waals surface area contributed by atoms with Crippen LogP contribution in [0.25, 0.3) is 0 Å². The van der Waals surface area contributed by atoms with Gasteiger partial charge in [-0.2, -0.15) is 5.26 Å². The highest BCUT2D eigenvalue weighted by atomic mass is 19.1. The summed E-state index contributed by atoms with van der Waals surface area (Å²) < 4.78 is 14.4. The van der Waals surface area contributed by atoms with Crippen molar-refractivity contribution in [3.05, 3.63) is 83.1 Å². The quantitative estimate of drug-likeness (QED) is 0.653. The normalized spacial score (nSPS) is 17.7. The maximum atomic E-state index is 14.4. The summed E-state index contributed by atoms with van der Waals surface area (Å²) in [5, 5.41) is 9.93. The number of carbonyl (C=O) groups is 4. The van der Waals surface area contributed by atoms with Gasteiger partial charge in [-0.05, 0) is 30.7 Å². The van der Waals surface area contributed by atoms with E-state index >= 15 is 0 Å². The first-order valence-corrected chi connectivity index (χ1v) is 9.89. The summed E-state index contributed by atoms with van der Waals surface area (Å²) in [5.74, 6) is -3.61. The second kappa shape index (κ2) is 7.54. The van der Waals surface area contributed by atoms with Crippen LogP contribution in [0.5, 0.6) is 0 Å². The molecule has 7 nitrogen and oxygen atoms in total. The number of hydrogen-bond donors (Lipinski definition) is 0. The lowest BCUT2D eigenvalue weighted by Gasteiger charge is -2.37. The maximum absolute atomic E-state index is 14.4. The zero-order valence-corrected chi connectivity index (χ0v) is 17.2. The molecule has 2 heterocycles. The number of carbonyl (C=O) groups excluding carboxylic acids is 4. The lowest BCUT2D eigenvalue weighted by molar-refractivity contribution is 0.0346. The predicted octanol–water partition coefficient (Wildman–Crippen LogP) is 3.35. The fourth-order valence-electron chi connectivity index (χ4n) is 4.24. The lowest BCUT2D eigenvalue weighted by Crippen LogP contribution is -2.57. The largest absolute Gasteiger partial charge is 0.269 e. The van der Waals surface area contributed by atoms with Crippen molar-refractivity contribution in [1.29, 1.82) is 5.26 Å². The molecule has 2 aromatic rings. The van der Waals surface area contributed by atoms with Crippen LogP contribution in [0.2, 0.25) is 0 Å². The number of allylic oxidation sites excluding steroid dienone is 1. The van der Waals surface area contributed by atoms with E-state index in [0.29, 0.717) is 4.90 Å². The first-order valence-electron chi connectivity index (χ1n) is 9.89. The Labute approximate surface area is 183 Å². The van der Waals surface area contributed by atoms with Crippen molar-refractivity contribution in [2.45, 2.75) is 18.9 Å². The van der Waals surface area contributed by atoms with Crippen LogP contribution in [-0.2, 0) is 0 Å². The standard InChI is InChI=1S/C24H18FN3O4/c1-14(11-15(2)27-20(29)16-7-3-4-8-17(16)21(27)30)24(12-25,13-26)28-22(31)18-9-5-6-10-19(18)23(28)32/h3-10,14H,2,11-12H2,1H3. The molecular formula is C24H18FN3O4. The van der Waals surface area contributed by atoms with Gasteiger partial charge in [0.2, 0.25) is 0 Å². The van der Waals surface area contributed by atoms with Crippen LogP contribution in [0.3, 0.4) is 0 Å². The lowest BCUT2D eigenvalue weighted by atomic mass is 9.82. The van der Waals surface area contributed by atoms with Crippen molar-refractivity contribution in [1.82, 2.24) is 9.80 Å². The molecule has 160 valence electrons. The molecule has 0 spiro atoms. The van der Waals surface area contributed by atoms with Crippen LogP contribution in [-0.4, -0.2) is 45.6 Å². The van der Waals surface area contributed by atoms with Crippen molar-refractivity contribution in [2.24, 2.45) is 5.92 Å². The van der Waals surface area contributed by atoms with Gasteiger partial charge in [0.15, 0.2) is 5.54 Å². The molecule has 0 saturated heterocycles. The Hall–Kier alpha value is -4.12. The van der Waals surface area contributed by atoms with Gasteiger partial charge in [-0.3, -0.25) is 24.1 Å². The minimum atomic E-state index is -2.13. The van der Waals surface area contributed by atoms with E-state index in [1.54, 1.807) is 24.3 Å². The van der Waals surface area contributed by atoms with Crippen LogP contribution in [0.4, 0.5) is 4.39 Å². The Bertz CT molecular complexity index is 1180. The van der Waals surface area contributed by atoms with Crippen molar-refractivity contribution in [3.63, 3.8) is 0 Å². The molecule has 4 amide bonds. The first-order chi connectivity index (χ1) is 15.3. The third kappa shape index (κ3) is 2.78. The SMILES string of the molecule is C=C(CC(C)C(C#N)(CF)N1C(=O)c2ccccc2C1=O)N1C(=O)c2ccccc2C1=O. The Morgan fingerprint density at radius 3 is 1.72 bits per heavy atom. The second-order valence-corrected chi connectivity index (χ2v) is 7.82. The van der Waals surface area contributed by atoms with Gasteiger partial charge in [0, 0.05) is 11.6 Å². The van der Waals surface area contributed by atoms with Crippen molar-refractivity contribution in [2.75, 3.05) is 6.67 Å². The molecule has 0 aromatic heterocycles. The molecule has 2 aliphatic heterocycles. The monoisotopic (exact) mass is 431 g/mol. The summed E-state index contributed by atoms with van der Waals surface area (Å²) in [4.78, 5) is 52.8. The van der Waals surface area contributed by atoms with Gasteiger partial charge in [0.25, 0.3) is 23.6 Å². The molecule has 2 atom stereocenters. The van der Waals surface area contributed by atoms with Crippen LogP contribution < -0.4 is 0 Å². The smallest absolute Gasteiger partial charge is 0.265 e. The fourth-order valence-corrected chi connectivity index (χ4v) is 4.24. The molecule has 2 aromatic carbocycles. The minimum absolute atomic E-state index is 0.0494.